The molecular weight excluding hydrogens is 374 g/mol. The minimum atomic E-state index is -0.428. The molecule has 2 aliphatic heterocycles. The second-order valence-electron chi connectivity index (χ2n) is 7.10. The number of hydrogen-bond donors (Lipinski definition) is 1. The molecule has 0 spiro atoms. The molecule has 1 fully saturated rings. The predicted octanol–water partition coefficient (Wildman–Crippen LogP) is 3.53. The van der Waals surface area contributed by atoms with E-state index in [-0.39, 0.29) is 24.1 Å². The number of para-hydroxylation sites is 2. The molecule has 2 heterocycles. The number of rotatable bonds is 6. The van der Waals surface area contributed by atoms with Gasteiger partial charge in [-0.2, -0.15) is 0 Å². The molecule has 0 saturated carbocycles. The Balaban J connectivity index is 1.39. The van der Waals surface area contributed by atoms with E-state index in [1.807, 2.05) is 23.1 Å². The van der Waals surface area contributed by atoms with Crippen LogP contribution in [0.2, 0.25) is 0 Å². The number of carbonyl (C=O) groups excluding carboxylic acids is 1. The molecule has 152 valence electrons. The zero-order chi connectivity index (χ0) is 20.2. The number of fused-ring (bicyclic) bond motifs is 1. The first-order valence-corrected chi connectivity index (χ1v) is 9.80. The van der Waals surface area contributed by atoms with Crippen LogP contribution < -0.4 is 14.8 Å². The second kappa shape index (κ2) is 8.38. The van der Waals surface area contributed by atoms with E-state index in [1.165, 1.54) is 6.07 Å². The van der Waals surface area contributed by atoms with Crippen molar-refractivity contribution in [1.82, 2.24) is 4.90 Å². The van der Waals surface area contributed by atoms with Gasteiger partial charge in [-0.15, -0.1) is 0 Å². The van der Waals surface area contributed by atoms with Crippen molar-refractivity contribution < 1.29 is 19.2 Å². The minimum Gasteiger partial charge on any atom is -0.486 e. The van der Waals surface area contributed by atoms with Crippen molar-refractivity contribution in [3.05, 3.63) is 58.1 Å². The maximum atomic E-state index is 12.8. The van der Waals surface area contributed by atoms with Gasteiger partial charge in [-0.25, -0.2) is 0 Å². The van der Waals surface area contributed by atoms with Gasteiger partial charge in [0.2, 0.25) is 5.91 Å². The molecule has 0 radical (unpaired) electrons. The molecule has 0 aromatic heterocycles. The van der Waals surface area contributed by atoms with Gasteiger partial charge in [0.1, 0.15) is 18.9 Å². The Bertz CT molecular complexity index is 917. The topological polar surface area (TPSA) is 93.9 Å². The summed E-state index contributed by atoms with van der Waals surface area (Å²) in [6.07, 6.45) is 2.12. The number of likely N-dealkylation sites (tertiary alicyclic amines) is 1. The molecule has 4 rings (SSSR count). The SMILES string of the molecule is O=C(CCNc1ccccc1[N+](=O)[O-])N1CCCC1c1ccc2c(c1)OCCO2. The number of amides is 1. The van der Waals surface area contributed by atoms with Crippen LogP contribution in [-0.2, 0) is 4.79 Å². The van der Waals surface area contributed by atoms with Gasteiger partial charge in [0.15, 0.2) is 11.5 Å². The molecule has 8 nitrogen and oxygen atoms in total. The van der Waals surface area contributed by atoms with Gasteiger partial charge in [0.05, 0.1) is 11.0 Å². The molecule has 2 aliphatic rings. The van der Waals surface area contributed by atoms with E-state index in [2.05, 4.69) is 5.32 Å². The third-order valence-electron chi connectivity index (χ3n) is 5.28. The van der Waals surface area contributed by atoms with E-state index in [0.717, 1.165) is 29.9 Å². The number of benzene rings is 2. The van der Waals surface area contributed by atoms with Crippen molar-refractivity contribution >= 4 is 17.3 Å². The summed E-state index contributed by atoms with van der Waals surface area (Å²) < 4.78 is 11.2. The second-order valence-corrected chi connectivity index (χ2v) is 7.10. The molecule has 0 bridgehead atoms. The Morgan fingerprint density at radius 1 is 1.17 bits per heavy atom. The highest BCUT2D eigenvalue weighted by Gasteiger charge is 2.30. The highest BCUT2D eigenvalue weighted by molar-refractivity contribution is 5.78. The number of nitrogens with one attached hydrogen (secondary N) is 1. The quantitative estimate of drug-likeness (QED) is 0.592. The van der Waals surface area contributed by atoms with E-state index in [4.69, 9.17) is 9.47 Å². The first-order valence-electron chi connectivity index (χ1n) is 9.80. The number of nitrogens with zero attached hydrogens (tertiary/aromatic N) is 2. The fourth-order valence-corrected chi connectivity index (χ4v) is 3.91. The van der Waals surface area contributed by atoms with Crippen molar-refractivity contribution in [3.8, 4) is 11.5 Å². The lowest BCUT2D eigenvalue weighted by Gasteiger charge is -2.27. The summed E-state index contributed by atoms with van der Waals surface area (Å²) in [6.45, 7) is 2.13. The van der Waals surface area contributed by atoms with Gasteiger partial charge in [0, 0.05) is 25.6 Å². The Morgan fingerprint density at radius 2 is 1.97 bits per heavy atom. The molecule has 1 N–H and O–H groups in total. The molecule has 8 heteroatoms. The van der Waals surface area contributed by atoms with Crippen LogP contribution in [0.15, 0.2) is 42.5 Å². The van der Waals surface area contributed by atoms with Crippen LogP contribution >= 0.6 is 0 Å². The number of anilines is 1. The Kier molecular flexibility index (Phi) is 5.50. The van der Waals surface area contributed by atoms with Crippen LogP contribution in [0.1, 0.15) is 30.9 Å². The van der Waals surface area contributed by atoms with Crippen molar-refractivity contribution in [2.24, 2.45) is 0 Å². The van der Waals surface area contributed by atoms with E-state index < -0.39 is 4.92 Å². The van der Waals surface area contributed by atoms with E-state index in [1.54, 1.807) is 18.2 Å². The van der Waals surface area contributed by atoms with Gasteiger partial charge < -0.3 is 19.7 Å². The summed E-state index contributed by atoms with van der Waals surface area (Å²) in [5.41, 5.74) is 1.48. The zero-order valence-electron chi connectivity index (χ0n) is 16.0. The molecule has 2 aromatic rings. The van der Waals surface area contributed by atoms with E-state index in [0.29, 0.717) is 32.0 Å². The molecule has 1 unspecified atom stereocenters. The summed E-state index contributed by atoms with van der Waals surface area (Å²) in [6, 6.07) is 12.3. The summed E-state index contributed by atoms with van der Waals surface area (Å²) >= 11 is 0. The van der Waals surface area contributed by atoms with E-state index in [9.17, 15) is 14.9 Å². The molecular formula is C21H23N3O5. The molecule has 1 atom stereocenters. The lowest BCUT2D eigenvalue weighted by atomic mass is 10.0. The normalized spacial score (nSPS) is 17.8. The third kappa shape index (κ3) is 4.11. The summed E-state index contributed by atoms with van der Waals surface area (Å²) in [4.78, 5) is 25.4. The van der Waals surface area contributed by atoms with Crippen LogP contribution in [0, 0.1) is 10.1 Å². The van der Waals surface area contributed by atoms with Gasteiger partial charge in [-0.3, -0.25) is 14.9 Å². The fourth-order valence-electron chi connectivity index (χ4n) is 3.91. The first-order chi connectivity index (χ1) is 14.1. The summed E-state index contributed by atoms with van der Waals surface area (Å²) in [5, 5.41) is 14.1. The molecule has 0 aliphatic carbocycles. The lowest BCUT2D eigenvalue weighted by molar-refractivity contribution is -0.384. The van der Waals surface area contributed by atoms with E-state index >= 15 is 0 Å². The maximum Gasteiger partial charge on any atom is 0.292 e. The molecule has 1 amide bonds. The van der Waals surface area contributed by atoms with Crippen LogP contribution in [0.4, 0.5) is 11.4 Å². The number of carbonyl (C=O) groups is 1. The molecule has 29 heavy (non-hydrogen) atoms. The fraction of sp³-hybridized carbons (Fsp3) is 0.381. The molecule has 1 saturated heterocycles. The van der Waals surface area contributed by atoms with Crippen LogP contribution in [0.25, 0.3) is 0 Å². The first kappa shape index (κ1) is 19.0. The van der Waals surface area contributed by atoms with Crippen molar-refractivity contribution in [3.63, 3.8) is 0 Å². The number of nitro benzene ring substituents is 1. The standard InChI is InChI=1S/C21H23N3O5/c25-21(9-10-22-16-4-1-2-5-18(16)24(26)27)23-11-3-6-17(23)15-7-8-19-20(14-15)29-13-12-28-19/h1-2,4-5,7-8,14,17,22H,3,6,9-13H2. The van der Waals surface area contributed by atoms with Crippen LogP contribution in [0.3, 0.4) is 0 Å². The largest absolute Gasteiger partial charge is 0.486 e. The van der Waals surface area contributed by atoms with Crippen LogP contribution in [-0.4, -0.2) is 42.0 Å². The van der Waals surface area contributed by atoms with Crippen molar-refractivity contribution in [2.75, 3.05) is 31.6 Å². The van der Waals surface area contributed by atoms with Gasteiger partial charge in [-0.05, 0) is 36.6 Å². The number of hydrogen-bond acceptors (Lipinski definition) is 6. The highest BCUT2D eigenvalue weighted by atomic mass is 16.6. The Hall–Kier alpha value is -3.29. The Morgan fingerprint density at radius 3 is 2.79 bits per heavy atom. The highest BCUT2D eigenvalue weighted by Crippen LogP contribution is 2.38. The monoisotopic (exact) mass is 397 g/mol. The summed E-state index contributed by atoms with van der Waals surface area (Å²) in [7, 11) is 0. The van der Waals surface area contributed by atoms with Crippen molar-refractivity contribution in [1.29, 1.82) is 0 Å². The number of nitro groups is 1. The van der Waals surface area contributed by atoms with Gasteiger partial charge in [0.25, 0.3) is 5.69 Å². The average Bonchev–Trinajstić information content (AvgIpc) is 3.23. The Labute approximate surface area is 168 Å². The number of ether oxygens (including phenoxy) is 2. The van der Waals surface area contributed by atoms with Gasteiger partial charge in [-0.1, -0.05) is 18.2 Å². The minimum absolute atomic E-state index is 0.00952. The smallest absolute Gasteiger partial charge is 0.292 e. The maximum absolute atomic E-state index is 12.8. The lowest BCUT2D eigenvalue weighted by Crippen LogP contribution is -2.31. The van der Waals surface area contributed by atoms with Gasteiger partial charge >= 0.3 is 0 Å². The zero-order valence-corrected chi connectivity index (χ0v) is 16.0. The average molecular weight is 397 g/mol. The van der Waals surface area contributed by atoms with Crippen LogP contribution in [0.5, 0.6) is 11.5 Å². The molecule has 2 aromatic carbocycles. The predicted molar refractivity (Wildman–Crippen MR) is 107 cm³/mol. The van der Waals surface area contributed by atoms with Crippen molar-refractivity contribution in [2.45, 2.75) is 25.3 Å². The summed E-state index contributed by atoms with van der Waals surface area (Å²) in [5.74, 6) is 1.50. The third-order valence-corrected chi connectivity index (χ3v) is 5.28.